The maximum atomic E-state index is 13.0. The molecule has 0 radical (unpaired) electrons. The van der Waals surface area contributed by atoms with E-state index >= 15 is 0 Å². The number of nitrogens with one attached hydrogen (secondary N) is 1. The molecular weight excluding hydrogens is 426 g/mol. The summed E-state index contributed by atoms with van der Waals surface area (Å²) in [6, 6.07) is 6.98. The lowest BCUT2D eigenvalue weighted by atomic mass is 10.0. The van der Waals surface area contributed by atoms with Crippen LogP contribution in [0.1, 0.15) is 16.7 Å². The van der Waals surface area contributed by atoms with Gasteiger partial charge in [-0.2, -0.15) is 26.3 Å². The summed E-state index contributed by atoms with van der Waals surface area (Å²) in [6.45, 7) is -0.217. The Labute approximate surface area is 170 Å². The maximum Gasteiger partial charge on any atom is 0.417 e. The molecule has 0 aliphatic heterocycles. The third-order valence-electron chi connectivity index (χ3n) is 4.60. The van der Waals surface area contributed by atoms with E-state index in [1.807, 2.05) is 0 Å². The number of benzene rings is 1. The number of H-pyrrole nitrogens is 1. The van der Waals surface area contributed by atoms with Crippen LogP contribution < -0.4 is 5.69 Å². The Morgan fingerprint density at radius 2 is 1.61 bits per heavy atom. The lowest BCUT2D eigenvalue weighted by Gasteiger charge is -2.09. The van der Waals surface area contributed by atoms with Crippen LogP contribution in [-0.4, -0.2) is 19.5 Å². The third kappa shape index (κ3) is 4.16. The van der Waals surface area contributed by atoms with E-state index in [1.54, 1.807) is 0 Å². The Morgan fingerprint density at radius 3 is 2.32 bits per heavy atom. The minimum absolute atomic E-state index is 0.140. The van der Waals surface area contributed by atoms with Gasteiger partial charge in [-0.25, -0.2) is 9.78 Å². The van der Waals surface area contributed by atoms with Crippen LogP contribution in [0.4, 0.5) is 26.3 Å². The van der Waals surface area contributed by atoms with Gasteiger partial charge in [0.05, 0.1) is 23.2 Å². The fourth-order valence-corrected chi connectivity index (χ4v) is 3.13. The lowest BCUT2D eigenvalue weighted by Crippen LogP contribution is -2.18. The van der Waals surface area contributed by atoms with Crippen LogP contribution >= 0.6 is 0 Å². The lowest BCUT2D eigenvalue weighted by molar-refractivity contribution is -0.138. The van der Waals surface area contributed by atoms with Crippen molar-refractivity contribution < 1.29 is 26.3 Å². The number of aromatic amines is 1. The van der Waals surface area contributed by atoms with E-state index in [-0.39, 0.29) is 28.8 Å². The summed E-state index contributed by atoms with van der Waals surface area (Å²) < 4.78 is 78.7. The first-order chi connectivity index (χ1) is 14.5. The predicted molar refractivity (Wildman–Crippen MR) is 99.1 cm³/mol. The standard InChI is InChI=1S/C20H12F6N4O/c21-19(22,23)14-3-1-2-12(5-14)13-6-16-17(28-8-13)30(18(31)29-16)10-11-4-15(9-27-7-11)20(24,25)26/h1-9H,10H2,(H,29,31). The summed E-state index contributed by atoms with van der Waals surface area (Å²) in [5.74, 6) is 0. The zero-order chi connectivity index (χ0) is 22.4. The van der Waals surface area contributed by atoms with Crippen molar-refractivity contribution in [1.29, 1.82) is 0 Å². The van der Waals surface area contributed by atoms with Gasteiger partial charge in [-0.3, -0.25) is 9.55 Å². The van der Waals surface area contributed by atoms with Crippen LogP contribution in [0.25, 0.3) is 22.3 Å². The highest BCUT2D eigenvalue weighted by molar-refractivity contribution is 5.78. The topological polar surface area (TPSA) is 63.6 Å². The molecule has 5 nitrogen and oxygen atoms in total. The summed E-state index contributed by atoms with van der Waals surface area (Å²) in [7, 11) is 0. The first-order valence-electron chi connectivity index (χ1n) is 8.80. The predicted octanol–water partition coefficient (Wildman–Crippen LogP) is 4.87. The molecule has 1 aromatic carbocycles. The Kier molecular flexibility index (Phi) is 4.83. The molecular formula is C20H12F6N4O. The van der Waals surface area contributed by atoms with E-state index in [9.17, 15) is 31.1 Å². The molecule has 11 heteroatoms. The summed E-state index contributed by atoms with van der Waals surface area (Å²) in [4.78, 5) is 22.6. The zero-order valence-electron chi connectivity index (χ0n) is 15.4. The smallest absolute Gasteiger partial charge is 0.304 e. The number of alkyl halides is 6. The monoisotopic (exact) mass is 438 g/mol. The Hall–Kier alpha value is -3.63. The SMILES string of the molecule is O=c1[nH]c2cc(-c3cccc(C(F)(F)F)c3)cnc2n1Cc1cncc(C(F)(F)F)c1. The number of halogens is 6. The third-order valence-corrected chi connectivity index (χ3v) is 4.60. The number of hydrogen-bond acceptors (Lipinski definition) is 3. The van der Waals surface area contributed by atoms with Crippen LogP contribution in [0, 0.1) is 0 Å². The minimum Gasteiger partial charge on any atom is -0.304 e. The van der Waals surface area contributed by atoms with Gasteiger partial charge in [-0.1, -0.05) is 12.1 Å². The van der Waals surface area contributed by atoms with Gasteiger partial charge in [-0.05, 0) is 35.4 Å². The van der Waals surface area contributed by atoms with Gasteiger partial charge < -0.3 is 4.98 Å². The highest BCUT2D eigenvalue weighted by atomic mass is 19.4. The van der Waals surface area contributed by atoms with Crippen LogP contribution in [-0.2, 0) is 18.9 Å². The van der Waals surface area contributed by atoms with Gasteiger partial charge in [0.1, 0.15) is 0 Å². The summed E-state index contributed by atoms with van der Waals surface area (Å²) >= 11 is 0. The van der Waals surface area contributed by atoms with Crippen molar-refractivity contribution >= 4 is 11.2 Å². The van der Waals surface area contributed by atoms with Crippen LogP contribution in [0.3, 0.4) is 0 Å². The number of imidazole rings is 1. The van der Waals surface area contributed by atoms with E-state index in [0.29, 0.717) is 11.8 Å². The highest BCUT2D eigenvalue weighted by Gasteiger charge is 2.31. The molecule has 3 aromatic heterocycles. The minimum atomic E-state index is -4.58. The largest absolute Gasteiger partial charge is 0.417 e. The molecule has 0 atom stereocenters. The van der Waals surface area contributed by atoms with E-state index in [2.05, 4.69) is 15.0 Å². The molecule has 3 heterocycles. The molecule has 0 spiro atoms. The van der Waals surface area contributed by atoms with Gasteiger partial charge >= 0.3 is 18.0 Å². The fourth-order valence-electron chi connectivity index (χ4n) is 3.13. The molecule has 0 bridgehead atoms. The van der Waals surface area contributed by atoms with Crippen molar-refractivity contribution in [2.24, 2.45) is 0 Å². The average molecular weight is 438 g/mol. The molecule has 0 aliphatic rings. The van der Waals surface area contributed by atoms with Crippen molar-refractivity contribution in [2.75, 3.05) is 0 Å². The van der Waals surface area contributed by atoms with Crippen molar-refractivity contribution in [2.45, 2.75) is 18.9 Å². The Morgan fingerprint density at radius 1 is 0.871 bits per heavy atom. The molecule has 0 amide bonds. The average Bonchev–Trinajstić information content (AvgIpc) is 3.01. The fraction of sp³-hybridized carbons (Fsp3) is 0.150. The molecule has 0 unspecified atom stereocenters. The number of hydrogen-bond donors (Lipinski definition) is 1. The van der Waals surface area contributed by atoms with Gasteiger partial charge in [0.2, 0.25) is 0 Å². The summed E-state index contributed by atoms with van der Waals surface area (Å²) in [6.07, 6.45) is -5.90. The molecule has 0 saturated heterocycles. The first kappa shape index (κ1) is 20.6. The van der Waals surface area contributed by atoms with Gasteiger partial charge in [0.15, 0.2) is 5.65 Å². The summed E-state index contributed by atoms with van der Waals surface area (Å²) in [5, 5.41) is 0. The first-order valence-corrected chi connectivity index (χ1v) is 8.80. The zero-order valence-corrected chi connectivity index (χ0v) is 15.4. The molecule has 1 N–H and O–H groups in total. The summed E-state index contributed by atoms with van der Waals surface area (Å²) in [5.41, 5.74) is -1.28. The molecule has 0 aliphatic carbocycles. The number of aromatic nitrogens is 4. The molecule has 4 aromatic rings. The second-order valence-electron chi connectivity index (χ2n) is 6.77. The van der Waals surface area contributed by atoms with Crippen molar-refractivity contribution in [1.82, 2.24) is 19.5 Å². The van der Waals surface area contributed by atoms with Crippen molar-refractivity contribution in [3.63, 3.8) is 0 Å². The number of fused-ring (bicyclic) bond motifs is 1. The van der Waals surface area contributed by atoms with Gasteiger partial charge in [0, 0.05) is 24.2 Å². The molecule has 4 rings (SSSR count). The van der Waals surface area contributed by atoms with E-state index < -0.39 is 29.2 Å². The molecule has 31 heavy (non-hydrogen) atoms. The van der Waals surface area contributed by atoms with Gasteiger partial charge in [0.25, 0.3) is 0 Å². The van der Waals surface area contributed by atoms with E-state index in [4.69, 9.17) is 0 Å². The van der Waals surface area contributed by atoms with Crippen LogP contribution in [0.5, 0.6) is 0 Å². The number of rotatable bonds is 3. The van der Waals surface area contributed by atoms with Crippen LogP contribution in [0.15, 0.2) is 59.8 Å². The second kappa shape index (κ2) is 7.25. The highest BCUT2D eigenvalue weighted by Crippen LogP contribution is 2.32. The number of nitrogens with zero attached hydrogens (tertiary/aromatic N) is 3. The van der Waals surface area contributed by atoms with Crippen LogP contribution in [0.2, 0.25) is 0 Å². The van der Waals surface area contributed by atoms with E-state index in [0.717, 1.165) is 22.8 Å². The molecule has 0 saturated carbocycles. The normalized spacial score (nSPS) is 12.5. The molecule has 160 valence electrons. The van der Waals surface area contributed by atoms with Gasteiger partial charge in [-0.15, -0.1) is 0 Å². The quantitative estimate of drug-likeness (QED) is 0.464. The maximum absolute atomic E-state index is 13.0. The Bertz CT molecular complexity index is 1320. The second-order valence-corrected chi connectivity index (χ2v) is 6.77. The van der Waals surface area contributed by atoms with E-state index in [1.165, 1.54) is 30.6 Å². The Balaban J connectivity index is 1.71. The van der Waals surface area contributed by atoms with Crippen molar-refractivity contribution in [3.05, 3.63) is 82.2 Å². The van der Waals surface area contributed by atoms with Crippen molar-refractivity contribution in [3.8, 4) is 11.1 Å². The molecule has 0 fully saturated rings. The number of pyridine rings is 2.